The third-order valence-electron chi connectivity index (χ3n) is 2.72. The van der Waals surface area contributed by atoms with E-state index in [1.807, 2.05) is 0 Å². The Bertz CT molecular complexity index is 533. The average Bonchev–Trinajstić information content (AvgIpc) is 2.35. The fourth-order valence-electron chi connectivity index (χ4n) is 1.37. The molecule has 0 amide bonds. The molecule has 0 spiro atoms. The molecule has 0 unspecified atom stereocenters. The largest absolute Gasteiger partial charge is 0.481 e. The van der Waals surface area contributed by atoms with Gasteiger partial charge in [-0.25, -0.2) is 0 Å². The lowest BCUT2D eigenvalue weighted by molar-refractivity contribution is -0.142. The molecular formula is C15H16O3S. The van der Waals surface area contributed by atoms with Gasteiger partial charge in [-0.15, -0.1) is 0 Å². The normalized spacial score (nSPS) is 10.5. The molecule has 0 saturated carbocycles. The molecule has 0 bridgehead atoms. The second-order valence-corrected chi connectivity index (χ2v) is 5.74. The van der Waals surface area contributed by atoms with Crippen molar-refractivity contribution in [2.45, 2.75) is 26.2 Å². The molecule has 0 aliphatic heterocycles. The minimum Gasteiger partial charge on any atom is -0.481 e. The number of carbonyl (C=O) groups is 2. The van der Waals surface area contributed by atoms with E-state index in [0.717, 1.165) is 11.1 Å². The molecule has 0 aliphatic rings. The summed E-state index contributed by atoms with van der Waals surface area (Å²) in [4.78, 5) is 21.8. The van der Waals surface area contributed by atoms with Gasteiger partial charge in [-0.05, 0) is 31.5 Å². The first-order chi connectivity index (χ1) is 8.84. The Hall–Kier alpha value is -1.73. The second-order valence-electron chi connectivity index (χ2n) is 4.59. The molecule has 0 radical (unpaired) electrons. The van der Waals surface area contributed by atoms with Crippen LogP contribution < -0.4 is 0 Å². The molecule has 0 saturated heterocycles. The van der Waals surface area contributed by atoms with Crippen LogP contribution in [0.4, 0.5) is 0 Å². The Kier molecular flexibility index (Phi) is 5.20. The third-order valence-corrected chi connectivity index (χ3v) is 3.42. The summed E-state index contributed by atoms with van der Waals surface area (Å²) in [5.41, 5.74) is 0.647. The highest BCUT2D eigenvalue weighted by molar-refractivity contribution is 8.13. The van der Waals surface area contributed by atoms with Gasteiger partial charge in [0.1, 0.15) is 0 Å². The number of thioether (sulfide) groups is 1. The van der Waals surface area contributed by atoms with Crippen molar-refractivity contribution in [1.29, 1.82) is 0 Å². The van der Waals surface area contributed by atoms with E-state index in [0.29, 0.717) is 5.75 Å². The highest BCUT2D eigenvalue weighted by Crippen LogP contribution is 2.23. The summed E-state index contributed by atoms with van der Waals surface area (Å²) < 4.78 is 0. The zero-order chi connectivity index (χ0) is 14.5. The molecule has 0 atom stereocenters. The van der Waals surface area contributed by atoms with Crippen molar-refractivity contribution in [3.63, 3.8) is 0 Å². The van der Waals surface area contributed by atoms with Crippen molar-refractivity contribution in [3.8, 4) is 11.8 Å². The zero-order valence-corrected chi connectivity index (χ0v) is 12.0. The number of hydrogen-bond acceptors (Lipinski definition) is 3. The van der Waals surface area contributed by atoms with Crippen LogP contribution in [0.1, 0.15) is 31.9 Å². The first-order valence-electron chi connectivity index (χ1n) is 5.80. The maximum Gasteiger partial charge on any atom is 0.313 e. The van der Waals surface area contributed by atoms with Gasteiger partial charge in [-0.2, -0.15) is 0 Å². The number of carbonyl (C=O) groups excluding carboxylic acids is 1. The van der Waals surface area contributed by atoms with Gasteiger partial charge in [0.05, 0.1) is 11.2 Å². The predicted octanol–water partition coefficient (Wildman–Crippen LogP) is 2.68. The van der Waals surface area contributed by atoms with Crippen LogP contribution in [0.5, 0.6) is 0 Å². The van der Waals surface area contributed by atoms with Crippen molar-refractivity contribution in [1.82, 2.24) is 0 Å². The van der Waals surface area contributed by atoms with Gasteiger partial charge in [-0.3, -0.25) is 9.59 Å². The van der Waals surface area contributed by atoms with Gasteiger partial charge < -0.3 is 5.11 Å². The van der Waals surface area contributed by atoms with E-state index in [4.69, 9.17) is 5.11 Å². The summed E-state index contributed by atoms with van der Waals surface area (Å²) in [6.45, 7) is 4.84. The maximum absolute atomic E-state index is 11.1. The molecule has 1 rings (SSSR count). The molecule has 0 aliphatic carbocycles. The number of hydrogen-bond donors (Lipinski definition) is 1. The van der Waals surface area contributed by atoms with Crippen LogP contribution in [0.2, 0.25) is 0 Å². The quantitative estimate of drug-likeness (QED) is 0.862. The van der Waals surface area contributed by atoms with Crippen molar-refractivity contribution in [2.24, 2.45) is 0 Å². The van der Waals surface area contributed by atoms with Gasteiger partial charge >= 0.3 is 5.97 Å². The molecule has 1 aromatic carbocycles. The van der Waals surface area contributed by atoms with Crippen LogP contribution in [0.15, 0.2) is 24.3 Å². The van der Waals surface area contributed by atoms with Gasteiger partial charge in [0.25, 0.3) is 0 Å². The van der Waals surface area contributed by atoms with Gasteiger partial charge in [0.15, 0.2) is 5.12 Å². The summed E-state index contributed by atoms with van der Waals surface area (Å²) in [6, 6.07) is 7.14. The lowest BCUT2D eigenvalue weighted by Gasteiger charge is -2.19. The van der Waals surface area contributed by atoms with Crippen molar-refractivity contribution < 1.29 is 14.7 Å². The predicted molar refractivity (Wildman–Crippen MR) is 77.1 cm³/mol. The summed E-state index contributed by atoms with van der Waals surface area (Å²) >= 11 is 1.17. The monoisotopic (exact) mass is 276 g/mol. The highest BCUT2D eigenvalue weighted by atomic mass is 32.2. The van der Waals surface area contributed by atoms with Crippen molar-refractivity contribution >= 4 is 22.8 Å². The minimum atomic E-state index is -0.906. The topological polar surface area (TPSA) is 54.4 Å². The summed E-state index contributed by atoms with van der Waals surface area (Å²) in [5, 5.41) is 9.18. The van der Waals surface area contributed by atoms with Crippen molar-refractivity contribution in [2.75, 3.05) is 5.75 Å². The van der Waals surface area contributed by atoms with Crippen LogP contribution in [0.3, 0.4) is 0 Å². The summed E-state index contributed by atoms with van der Waals surface area (Å²) in [6.07, 6.45) is 0. The standard InChI is InChI=1S/C15H16O3S/c1-11(16)19-10-4-5-12-6-8-13(9-7-12)15(2,3)14(17)18/h6-9H,10H2,1-3H3,(H,17,18). The average molecular weight is 276 g/mol. The van der Waals surface area contributed by atoms with Crippen LogP contribution in [-0.4, -0.2) is 21.9 Å². The molecule has 1 N–H and O–H groups in total. The molecule has 0 fully saturated rings. The van der Waals surface area contributed by atoms with E-state index in [1.165, 1.54) is 18.7 Å². The SMILES string of the molecule is CC(=O)SCC#Cc1ccc(C(C)(C)C(=O)O)cc1. The highest BCUT2D eigenvalue weighted by Gasteiger charge is 2.28. The lowest BCUT2D eigenvalue weighted by Crippen LogP contribution is -2.28. The number of benzene rings is 1. The Morgan fingerprint density at radius 3 is 2.32 bits per heavy atom. The zero-order valence-electron chi connectivity index (χ0n) is 11.2. The smallest absolute Gasteiger partial charge is 0.313 e. The van der Waals surface area contributed by atoms with Crippen LogP contribution in [-0.2, 0) is 15.0 Å². The summed E-state index contributed by atoms with van der Waals surface area (Å²) in [5.74, 6) is 5.44. The Morgan fingerprint density at radius 1 is 1.26 bits per heavy atom. The van der Waals surface area contributed by atoms with Crippen LogP contribution in [0, 0.1) is 11.8 Å². The Morgan fingerprint density at radius 2 is 1.84 bits per heavy atom. The number of carboxylic acid groups (broad SMARTS) is 1. The molecule has 3 nitrogen and oxygen atoms in total. The summed E-state index contributed by atoms with van der Waals surface area (Å²) in [7, 11) is 0. The van der Waals surface area contributed by atoms with Crippen LogP contribution in [0.25, 0.3) is 0 Å². The number of carboxylic acids is 1. The molecule has 100 valence electrons. The lowest BCUT2D eigenvalue weighted by atomic mass is 9.84. The third kappa shape index (κ3) is 4.46. The Balaban J connectivity index is 2.77. The van der Waals surface area contributed by atoms with E-state index in [-0.39, 0.29) is 5.12 Å². The van der Waals surface area contributed by atoms with E-state index in [2.05, 4.69) is 11.8 Å². The molecule has 4 heteroatoms. The van der Waals surface area contributed by atoms with Gasteiger partial charge in [0, 0.05) is 12.5 Å². The van der Waals surface area contributed by atoms with E-state index in [1.54, 1.807) is 38.1 Å². The van der Waals surface area contributed by atoms with Gasteiger partial charge in [0.2, 0.25) is 0 Å². The minimum absolute atomic E-state index is 0.0489. The first-order valence-corrected chi connectivity index (χ1v) is 6.79. The van der Waals surface area contributed by atoms with Crippen molar-refractivity contribution in [3.05, 3.63) is 35.4 Å². The first kappa shape index (κ1) is 15.3. The molecular weight excluding hydrogens is 260 g/mol. The molecule has 0 heterocycles. The van der Waals surface area contributed by atoms with E-state index in [9.17, 15) is 9.59 Å². The molecule has 19 heavy (non-hydrogen) atoms. The fourth-order valence-corrected chi connectivity index (χ4v) is 1.72. The molecule has 1 aromatic rings. The van der Waals surface area contributed by atoms with E-state index >= 15 is 0 Å². The maximum atomic E-state index is 11.1. The van der Waals surface area contributed by atoms with Crippen LogP contribution >= 0.6 is 11.8 Å². The number of rotatable bonds is 3. The van der Waals surface area contributed by atoms with E-state index < -0.39 is 11.4 Å². The number of aliphatic carboxylic acids is 1. The fraction of sp³-hybridized carbons (Fsp3) is 0.333. The second kappa shape index (κ2) is 6.44. The Labute approximate surface area is 117 Å². The molecule has 0 aromatic heterocycles. The van der Waals surface area contributed by atoms with Gasteiger partial charge in [-0.1, -0.05) is 35.7 Å².